The van der Waals surface area contributed by atoms with E-state index >= 15 is 0 Å². The molecular formula is C30H26IN3O6. The number of para-hydroxylation sites is 2. The quantitative estimate of drug-likeness (QED) is 0.109. The lowest BCUT2D eigenvalue weighted by atomic mass is 10.2. The molecule has 2 heterocycles. The van der Waals surface area contributed by atoms with E-state index in [-0.39, 0.29) is 18.0 Å². The summed E-state index contributed by atoms with van der Waals surface area (Å²) < 4.78 is 24.8. The van der Waals surface area contributed by atoms with Crippen molar-refractivity contribution < 1.29 is 23.4 Å². The third-order valence-electron chi connectivity index (χ3n) is 5.97. The molecule has 0 aliphatic rings. The summed E-state index contributed by atoms with van der Waals surface area (Å²) in [7, 11) is 0. The standard InChI is InChI=1S/C30H26IN3O6/c1-4-37-25-15-19(14-22(31)27(25)39-18(3)30(36)38-5-2)17-32-34-28(26-16-20-10-6-9-13-24(20)40-26)33-23-12-8-7-11-21(23)29(34)35/h6-18H,4-5H2,1-3H3/t18-/m0/s1. The number of furan rings is 1. The molecule has 0 spiro atoms. The Morgan fingerprint density at radius 2 is 1.88 bits per heavy atom. The summed E-state index contributed by atoms with van der Waals surface area (Å²) in [6.45, 7) is 5.86. The molecule has 0 bridgehead atoms. The van der Waals surface area contributed by atoms with E-state index in [1.165, 1.54) is 4.68 Å². The molecule has 0 saturated heterocycles. The molecule has 9 nitrogen and oxygen atoms in total. The molecule has 2 aromatic heterocycles. The number of halogens is 1. The Morgan fingerprint density at radius 3 is 2.65 bits per heavy atom. The van der Waals surface area contributed by atoms with Gasteiger partial charge in [0.25, 0.3) is 5.56 Å². The first-order chi connectivity index (χ1) is 19.4. The number of hydrogen-bond donors (Lipinski definition) is 0. The topological polar surface area (TPSA) is 105 Å². The van der Waals surface area contributed by atoms with Crippen molar-refractivity contribution in [2.24, 2.45) is 5.10 Å². The maximum absolute atomic E-state index is 13.6. The van der Waals surface area contributed by atoms with Gasteiger partial charge in [0, 0.05) is 5.39 Å². The van der Waals surface area contributed by atoms with Crippen molar-refractivity contribution in [3.05, 3.63) is 86.2 Å². The van der Waals surface area contributed by atoms with Crippen LogP contribution in [0.5, 0.6) is 11.5 Å². The summed E-state index contributed by atoms with van der Waals surface area (Å²) in [5.74, 6) is 1.09. The molecule has 204 valence electrons. The lowest BCUT2D eigenvalue weighted by Gasteiger charge is -2.18. The molecule has 5 rings (SSSR count). The fraction of sp³-hybridized carbons (Fsp3) is 0.200. The number of fused-ring (bicyclic) bond motifs is 2. The van der Waals surface area contributed by atoms with Crippen LogP contribution < -0.4 is 15.0 Å². The monoisotopic (exact) mass is 651 g/mol. The lowest BCUT2D eigenvalue weighted by molar-refractivity contribution is -0.150. The average Bonchev–Trinajstić information content (AvgIpc) is 3.39. The fourth-order valence-electron chi connectivity index (χ4n) is 4.13. The van der Waals surface area contributed by atoms with Gasteiger partial charge >= 0.3 is 5.97 Å². The summed E-state index contributed by atoms with van der Waals surface area (Å²) in [6, 6.07) is 20.1. The van der Waals surface area contributed by atoms with Crippen LogP contribution in [0.4, 0.5) is 0 Å². The van der Waals surface area contributed by atoms with Crippen LogP contribution in [0.15, 0.2) is 81.0 Å². The zero-order valence-electron chi connectivity index (χ0n) is 22.1. The number of rotatable bonds is 9. The van der Waals surface area contributed by atoms with Crippen molar-refractivity contribution in [3.63, 3.8) is 0 Å². The summed E-state index contributed by atoms with van der Waals surface area (Å²) in [5, 5.41) is 5.86. The molecule has 0 unspecified atom stereocenters. The molecular weight excluding hydrogens is 625 g/mol. The molecule has 40 heavy (non-hydrogen) atoms. The summed E-state index contributed by atoms with van der Waals surface area (Å²) in [4.78, 5) is 30.4. The SMILES string of the molecule is CCOC(=O)[C@H](C)Oc1c(I)cc(C=Nn2c(-c3cc4ccccc4o3)nc3ccccc3c2=O)cc1OCC. The van der Waals surface area contributed by atoms with Gasteiger partial charge in [-0.1, -0.05) is 30.3 Å². The van der Waals surface area contributed by atoms with Crippen LogP contribution in [-0.4, -0.2) is 41.2 Å². The molecule has 0 fully saturated rings. The molecule has 0 saturated carbocycles. The minimum absolute atomic E-state index is 0.260. The van der Waals surface area contributed by atoms with Gasteiger partial charge in [-0.15, -0.1) is 0 Å². The van der Waals surface area contributed by atoms with Crippen LogP contribution >= 0.6 is 22.6 Å². The van der Waals surface area contributed by atoms with Gasteiger partial charge in [0.1, 0.15) is 5.58 Å². The molecule has 0 aliphatic carbocycles. The smallest absolute Gasteiger partial charge is 0.347 e. The number of hydrogen-bond acceptors (Lipinski definition) is 8. The zero-order valence-corrected chi connectivity index (χ0v) is 24.2. The van der Waals surface area contributed by atoms with Gasteiger partial charge in [-0.2, -0.15) is 9.78 Å². The van der Waals surface area contributed by atoms with Crippen LogP contribution in [0.1, 0.15) is 26.3 Å². The van der Waals surface area contributed by atoms with Crippen LogP contribution in [-0.2, 0) is 9.53 Å². The van der Waals surface area contributed by atoms with E-state index in [4.69, 9.17) is 23.6 Å². The van der Waals surface area contributed by atoms with Crippen LogP contribution in [0.25, 0.3) is 33.5 Å². The normalized spacial score (nSPS) is 12.2. The number of carbonyl (C=O) groups excluding carboxylic acids is 1. The number of carbonyl (C=O) groups is 1. The van der Waals surface area contributed by atoms with Crippen molar-refractivity contribution in [1.82, 2.24) is 9.66 Å². The van der Waals surface area contributed by atoms with Gasteiger partial charge in [0.05, 0.1) is 33.9 Å². The molecule has 0 amide bonds. The summed E-state index contributed by atoms with van der Waals surface area (Å²) in [6.07, 6.45) is 0.730. The van der Waals surface area contributed by atoms with Gasteiger partial charge in [-0.05, 0) is 85.3 Å². The Hall–Kier alpha value is -4.19. The Morgan fingerprint density at radius 1 is 1.10 bits per heavy atom. The van der Waals surface area contributed by atoms with Gasteiger partial charge in [-0.25, -0.2) is 9.78 Å². The van der Waals surface area contributed by atoms with Crippen molar-refractivity contribution in [2.75, 3.05) is 13.2 Å². The van der Waals surface area contributed by atoms with Crippen molar-refractivity contribution in [3.8, 4) is 23.1 Å². The third kappa shape index (κ3) is 5.57. The largest absolute Gasteiger partial charge is 0.490 e. The minimum atomic E-state index is -0.819. The highest BCUT2D eigenvalue weighted by atomic mass is 127. The van der Waals surface area contributed by atoms with Crippen molar-refractivity contribution >= 4 is 56.6 Å². The Labute approximate surface area is 243 Å². The first kappa shape index (κ1) is 27.4. The molecule has 0 aliphatic heterocycles. The van der Waals surface area contributed by atoms with E-state index in [1.54, 1.807) is 44.3 Å². The predicted molar refractivity (Wildman–Crippen MR) is 161 cm³/mol. The molecule has 3 aromatic carbocycles. The Bertz CT molecular complexity index is 1760. The fourth-order valence-corrected chi connectivity index (χ4v) is 4.88. The second kappa shape index (κ2) is 11.9. The number of ether oxygens (including phenoxy) is 3. The predicted octanol–water partition coefficient (Wildman–Crippen LogP) is 6.03. The minimum Gasteiger partial charge on any atom is -0.490 e. The Kier molecular flexibility index (Phi) is 8.15. The van der Waals surface area contributed by atoms with Crippen molar-refractivity contribution in [2.45, 2.75) is 26.9 Å². The van der Waals surface area contributed by atoms with E-state index in [2.05, 4.69) is 27.7 Å². The van der Waals surface area contributed by atoms with Crippen LogP contribution in [0.2, 0.25) is 0 Å². The molecule has 10 heteroatoms. The summed E-state index contributed by atoms with van der Waals surface area (Å²) >= 11 is 2.11. The number of aromatic nitrogens is 2. The van der Waals surface area contributed by atoms with Gasteiger partial charge in [-0.3, -0.25) is 4.79 Å². The number of esters is 1. The molecule has 0 N–H and O–H groups in total. The summed E-state index contributed by atoms with van der Waals surface area (Å²) in [5.41, 5.74) is 1.54. The highest BCUT2D eigenvalue weighted by Crippen LogP contribution is 2.35. The average molecular weight is 651 g/mol. The maximum Gasteiger partial charge on any atom is 0.347 e. The third-order valence-corrected chi connectivity index (χ3v) is 6.77. The number of nitrogens with zero attached hydrogens (tertiary/aromatic N) is 3. The highest BCUT2D eigenvalue weighted by molar-refractivity contribution is 14.1. The molecule has 1 atom stereocenters. The maximum atomic E-state index is 13.6. The van der Waals surface area contributed by atoms with E-state index in [1.807, 2.05) is 49.4 Å². The molecule has 0 radical (unpaired) electrons. The second-order valence-electron chi connectivity index (χ2n) is 8.74. The highest BCUT2D eigenvalue weighted by Gasteiger charge is 2.21. The van der Waals surface area contributed by atoms with Gasteiger partial charge in [0.15, 0.2) is 23.4 Å². The second-order valence-corrected chi connectivity index (χ2v) is 9.90. The van der Waals surface area contributed by atoms with Gasteiger partial charge < -0.3 is 18.6 Å². The van der Waals surface area contributed by atoms with Crippen LogP contribution in [0, 0.1) is 3.57 Å². The van der Waals surface area contributed by atoms with Crippen LogP contribution in [0.3, 0.4) is 0 Å². The first-order valence-electron chi connectivity index (χ1n) is 12.7. The van der Waals surface area contributed by atoms with E-state index in [0.717, 1.165) is 5.39 Å². The number of benzene rings is 3. The van der Waals surface area contributed by atoms with E-state index < -0.39 is 12.1 Å². The van der Waals surface area contributed by atoms with E-state index in [0.29, 0.717) is 49.5 Å². The Balaban J connectivity index is 1.58. The zero-order chi connectivity index (χ0) is 28.2. The van der Waals surface area contributed by atoms with Crippen molar-refractivity contribution in [1.29, 1.82) is 0 Å². The van der Waals surface area contributed by atoms with Gasteiger partial charge in [0.2, 0.25) is 5.82 Å². The molecule has 5 aromatic rings. The first-order valence-corrected chi connectivity index (χ1v) is 13.8. The lowest BCUT2D eigenvalue weighted by Crippen LogP contribution is -2.26. The van der Waals surface area contributed by atoms with E-state index in [9.17, 15) is 9.59 Å².